The molecule has 2 rings (SSSR count). The zero-order valence-corrected chi connectivity index (χ0v) is 17.3. The number of rotatable bonds is 8. The number of imide groups is 1. The number of pyridine rings is 1. The van der Waals surface area contributed by atoms with Gasteiger partial charge in [0.2, 0.25) is 5.91 Å². The lowest BCUT2D eigenvalue weighted by Crippen LogP contribution is -2.35. The standard InChI is InChI=1S/C22H26N2O6/c1-14(2)11-20(28)23-22(29)17-13-24(9-10-25)18(12-19(17)27)21(30-15(3)26)16-7-5-4-6-8-16/h4-8,12-14,21,25H,9-11H2,1-3H3,(H,23,28,29)/t21-/m0/s1. The van der Waals surface area contributed by atoms with Gasteiger partial charge in [0.15, 0.2) is 11.5 Å². The average molecular weight is 414 g/mol. The number of ether oxygens (including phenoxy) is 1. The van der Waals surface area contributed by atoms with Crippen LogP contribution in [0.3, 0.4) is 0 Å². The van der Waals surface area contributed by atoms with Crippen molar-refractivity contribution in [3.63, 3.8) is 0 Å². The highest BCUT2D eigenvalue weighted by atomic mass is 16.5. The first-order valence-electron chi connectivity index (χ1n) is 9.64. The lowest BCUT2D eigenvalue weighted by atomic mass is 10.0. The molecule has 8 nitrogen and oxygen atoms in total. The minimum absolute atomic E-state index is 0.0560. The number of aliphatic hydroxyl groups excluding tert-OH is 1. The van der Waals surface area contributed by atoms with Gasteiger partial charge in [0.05, 0.1) is 12.3 Å². The number of carbonyl (C=O) groups excluding carboxylic acids is 3. The van der Waals surface area contributed by atoms with Crippen molar-refractivity contribution in [2.45, 2.75) is 39.8 Å². The van der Waals surface area contributed by atoms with Crippen LogP contribution in [0.2, 0.25) is 0 Å². The molecule has 1 aromatic carbocycles. The molecule has 30 heavy (non-hydrogen) atoms. The van der Waals surface area contributed by atoms with E-state index in [0.29, 0.717) is 11.3 Å². The van der Waals surface area contributed by atoms with Crippen molar-refractivity contribution in [1.29, 1.82) is 0 Å². The van der Waals surface area contributed by atoms with Gasteiger partial charge in [-0.05, 0) is 11.5 Å². The maximum atomic E-state index is 12.7. The summed E-state index contributed by atoms with van der Waals surface area (Å²) < 4.78 is 6.91. The van der Waals surface area contributed by atoms with Crippen LogP contribution in [-0.2, 0) is 20.9 Å². The van der Waals surface area contributed by atoms with Crippen LogP contribution in [0.25, 0.3) is 0 Å². The topological polar surface area (TPSA) is 115 Å². The number of nitrogens with one attached hydrogen (secondary N) is 1. The molecule has 0 saturated heterocycles. The van der Waals surface area contributed by atoms with E-state index < -0.39 is 29.3 Å². The van der Waals surface area contributed by atoms with Crippen LogP contribution in [-0.4, -0.2) is 34.1 Å². The molecule has 0 spiro atoms. The maximum Gasteiger partial charge on any atom is 0.303 e. The minimum atomic E-state index is -0.900. The number of hydrogen-bond donors (Lipinski definition) is 2. The number of carbonyl (C=O) groups is 3. The van der Waals surface area contributed by atoms with Crippen LogP contribution in [0, 0.1) is 5.92 Å². The van der Waals surface area contributed by atoms with E-state index in [1.54, 1.807) is 30.3 Å². The Morgan fingerprint density at radius 1 is 1.17 bits per heavy atom. The average Bonchev–Trinajstić information content (AvgIpc) is 2.67. The molecular formula is C22H26N2O6. The third kappa shape index (κ3) is 6.12. The zero-order valence-electron chi connectivity index (χ0n) is 17.3. The predicted octanol–water partition coefficient (Wildman–Crippen LogP) is 1.80. The van der Waals surface area contributed by atoms with Gasteiger partial charge in [-0.3, -0.25) is 24.5 Å². The van der Waals surface area contributed by atoms with Crippen molar-refractivity contribution in [3.05, 3.63) is 69.6 Å². The van der Waals surface area contributed by atoms with Crippen molar-refractivity contribution in [3.8, 4) is 0 Å². The summed E-state index contributed by atoms with van der Waals surface area (Å²) in [4.78, 5) is 48.7. The fourth-order valence-corrected chi connectivity index (χ4v) is 3.00. The molecule has 2 N–H and O–H groups in total. The van der Waals surface area contributed by atoms with Gasteiger partial charge in [-0.2, -0.15) is 0 Å². The molecule has 0 bridgehead atoms. The molecule has 0 aliphatic rings. The van der Waals surface area contributed by atoms with Crippen molar-refractivity contribution >= 4 is 17.8 Å². The first-order valence-corrected chi connectivity index (χ1v) is 9.64. The molecule has 0 saturated carbocycles. The first kappa shape index (κ1) is 23.0. The molecule has 0 fully saturated rings. The van der Waals surface area contributed by atoms with E-state index in [2.05, 4.69) is 5.32 Å². The maximum absolute atomic E-state index is 12.7. The Morgan fingerprint density at radius 3 is 2.40 bits per heavy atom. The van der Waals surface area contributed by atoms with Crippen LogP contribution in [0.1, 0.15) is 54.9 Å². The van der Waals surface area contributed by atoms with Crippen LogP contribution < -0.4 is 10.7 Å². The summed E-state index contributed by atoms with van der Waals surface area (Å²) in [5.41, 5.74) is 0.0738. The lowest BCUT2D eigenvalue weighted by Gasteiger charge is -2.22. The number of esters is 1. The van der Waals surface area contributed by atoms with E-state index in [9.17, 15) is 24.3 Å². The van der Waals surface area contributed by atoms with E-state index in [-0.39, 0.29) is 31.1 Å². The molecule has 160 valence electrons. The second-order valence-electron chi connectivity index (χ2n) is 7.27. The molecule has 0 radical (unpaired) electrons. The molecule has 2 amide bonds. The lowest BCUT2D eigenvalue weighted by molar-refractivity contribution is -0.145. The van der Waals surface area contributed by atoms with Crippen molar-refractivity contribution in [2.24, 2.45) is 5.92 Å². The van der Waals surface area contributed by atoms with Crippen molar-refractivity contribution in [2.75, 3.05) is 6.61 Å². The minimum Gasteiger partial charge on any atom is -0.451 e. The summed E-state index contributed by atoms with van der Waals surface area (Å²) in [5.74, 6) is -1.78. The quantitative estimate of drug-likeness (QED) is 0.637. The molecule has 0 unspecified atom stereocenters. The van der Waals surface area contributed by atoms with Gasteiger partial charge in [0.1, 0.15) is 5.56 Å². The van der Waals surface area contributed by atoms with Crippen molar-refractivity contribution in [1.82, 2.24) is 9.88 Å². The smallest absolute Gasteiger partial charge is 0.303 e. The van der Waals surface area contributed by atoms with Gasteiger partial charge in [-0.15, -0.1) is 0 Å². The molecule has 0 aliphatic carbocycles. The highest BCUT2D eigenvalue weighted by molar-refractivity contribution is 6.04. The molecule has 1 heterocycles. The fourth-order valence-electron chi connectivity index (χ4n) is 3.00. The summed E-state index contributed by atoms with van der Waals surface area (Å²) in [6.07, 6.45) is 0.519. The summed E-state index contributed by atoms with van der Waals surface area (Å²) in [6, 6.07) is 10.0. The van der Waals surface area contributed by atoms with Gasteiger partial charge in [-0.25, -0.2) is 0 Å². The second kappa shape index (κ2) is 10.5. The Morgan fingerprint density at radius 2 is 1.83 bits per heavy atom. The normalized spacial score (nSPS) is 11.8. The molecule has 1 aromatic heterocycles. The summed E-state index contributed by atoms with van der Waals surface area (Å²) in [6.45, 7) is 4.72. The van der Waals surface area contributed by atoms with E-state index in [1.165, 1.54) is 23.8 Å². The number of aliphatic hydroxyl groups is 1. The third-order valence-corrected chi connectivity index (χ3v) is 4.25. The summed E-state index contributed by atoms with van der Waals surface area (Å²) in [7, 11) is 0. The number of hydrogen-bond acceptors (Lipinski definition) is 6. The van der Waals surface area contributed by atoms with E-state index in [0.717, 1.165) is 0 Å². The Labute approximate surface area is 174 Å². The number of amides is 2. The third-order valence-electron chi connectivity index (χ3n) is 4.25. The van der Waals surface area contributed by atoms with Gasteiger partial charge in [-0.1, -0.05) is 44.2 Å². The summed E-state index contributed by atoms with van der Waals surface area (Å²) in [5, 5.41) is 11.7. The van der Waals surface area contributed by atoms with Crippen LogP contribution in [0.5, 0.6) is 0 Å². The Hall–Kier alpha value is -3.26. The molecule has 8 heteroatoms. The fraction of sp³-hybridized carbons (Fsp3) is 0.364. The second-order valence-corrected chi connectivity index (χ2v) is 7.27. The van der Waals surface area contributed by atoms with E-state index >= 15 is 0 Å². The Kier molecular flexibility index (Phi) is 8.06. The Balaban J connectivity index is 2.49. The van der Waals surface area contributed by atoms with E-state index in [4.69, 9.17) is 4.74 Å². The largest absolute Gasteiger partial charge is 0.451 e. The monoisotopic (exact) mass is 414 g/mol. The number of benzene rings is 1. The predicted molar refractivity (Wildman–Crippen MR) is 110 cm³/mol. The Bertz CT molecular complexity index is 965. The van der Waals surface area contributed by atoms with Gasteiger partial charge >= 0.3 is 5.97 Å². The number of aromatic nitrogens is 1. The van der Waals surface area contributed by atoms with Crippen LogP contribution >= 0.6 is 0 Å². The van der Waals surface area contributed by atoms with Crippen LogP contribution in [0.4, 0.5) is 0 Å². The number of nitrogens with zero attached hydrogens (tertiary/aromatic N) is 1. The zero-order chi connectivity index (χ0) is 22.3. The summed E-state index contributed by atoms with van der Waals surface area (Å²) >= 11 is 0. The van der Waals surface area contributed by atoms with E-state index in [1.807, 2.05) is 13.8 Å². The highest BCUT2D eigenvalue weighted by Gasteiger charge is 2.24. The van der Waals surface area contributed by atoms with Gasteiger partial charge < -0.3 is 14.4 Å². The highest BCUT2D eigenvalue weighted by Crippen LogP contribution is 2.25. The SMILES string of the molecule is CC(=O)O[C@@H](c1ccccc1)c1cc(=O)c(C(=O)NC(=O)CC(C)C)cn1CCO. The first-order chi connectivity index (χ1) is 14.2. The molecule has 2 aromatic rings. The molecule has 0 aliphatic heterocycles. The van der Waals surface area contributed by atoms with Crippen molar-refractivity contribution < 1.29 is 24.2 Å². The van der Waals surface area contributed by atoms with Gasteiger partial charge in [0.25, 0.3) is 5.91 Å². The van der Waals surface area contributed by atoms with Gasteiger partial charge in [0, 0.05) is 32.2 Å². The molecular weight excluding hydrogens is 388 g/mol. The van der Waals surface area contributed by atoms with Crippen LogP contribution in [0.15, 0.2) is 47.4 Å². The molecule has 1 atom stereocenters.